The predicted octanol–water partition coefficient (Wildman–Crippen LogP) is 7.16. The number of ether oxygens (including phenoxy) is 2. The van der Waals surface area contributed by atoms with Gasteiger partial charge in [0.15, 0.2) is 34.7 Å². The molecule has 2 amide bonds. The Balaban J connectivity index is 0.674. The van der Waals surface area contributed by atoms with Crippen molar-refractivity contribution in [3.8, 4) is 21.8 Å². The highest BCUT2D eigenvalue weighted by molar-refractivity contribution is 7.13. The van der Waals surface area contributed by atoms with Crippen LogP contribution in [0.2, 0.25) is 0 Å². The molecule has 0 saturated carbocycles. The van der Waals surface area contributed by atoms with Gasteiger partial charge in [0.25, 0.3) is 11.8 Å². The number of hydrazine groups is 1. The number of piperidine rings is 2. The van der Waals surface area contributed by atoms with Crippen LogP contribution in [0, 0.1) is 0 Å². The van der Waals surface area contributed by atoms with Crippen molar-refractivity contribution in [2.24, 2.45) is 5.73 Å². The summed E-state index contributed by atoms with van der Waals surface area (Å²) in [4.78, 5) is 61.2. The fourth-order valence-electron chi connectivity index (χ4n) is 12.5. The third-order valence-electron chi connectivity index (χ3n) is 17.3. The summed E-state index contributed by atoms with van der Waals surface area (Å²) in [6, 6.07) is 29.6. The Morgan fingerprint density at radius 3 is 1.57 bits per heavy atom. The van der Waals surface area contributed by atoms with Crippen LogP contribution in [-0.2, 0) is 9.47 Å². The van der Waals surface area contributed by atoms with Gasteiger partial charge in [0.05, 0.1) is 4.88 Å². The van der Waals surface area contributed by atoms with E-state index in [0.717, 1.165) is 131 Å². The number of hydrogen-bond acceptors (Lipinski definition) is 20. The molecule has 83 heavy (non-hydrogen) atoms. The molecule has 9 N–H and O–H groups in total. The molecular weight excluding hydrogens is 1070 g/mol. The summed E-state index contributed by atoms with van der Waals surface area (Å²) < 4.78 is 11.3. The van der Waals surface area contributed by atoms with Gasteiger partial charge in [-0.1, -0.05) is 18.2 Å². The van der Waals surface area contributed by atoms with Crippen molar-refractivity contribution in [2.75, 3.05) is 149 Å². The van der Waals surface area contributed by atoms with E-state index in [1.807, 2.05) is 58.9 Å². The molecule has 21 nitrogen and oxygen atoms in total. The van der Waals surface area contributed by atoms with Crippen molar-refractivity contribution in [1.82, 2.24) is 45.1 Å². The average Bonchev–Trinajstić information content (AvgIpc) is 4.26. The molecule has 0 atom stereocenters. The quantitative estimate of drug-likeness (QED) is 0.0449. The normalized spacial score (nSPS) is 19.8. The molecule has 3 aromatic heterocycles. The van der Waals surface area contributed by atoms with Gasteiger partial charge in [0, 0.05) is 163 Å². The number of anilines is 9. The number of aromatic nitrogens is 4. The highest BCUT2D eigenvalue weighted by Crippen LogP contribution is 2.36. The second-order valence-corrected chi connectivity index (χ2v) is 23.8. The fourth-order valence-corrected chi connectivity index (χ4v) is 13.2. The number of rotatable bonds is 17. The number of hydrogen-bond donors (Lipinski definition) is 7. The maximum Gasteiger partial charge on any atom is 0.288 e. The zero-order chi connectivity index (χ0) is 56.7. The zero-order valence-corrected chi connectivity index (χ0v) is 48.4. The van der Waals surface area contributed by atoms with E-state index in [9.17, 15) is 9.59 Å². The Morgan fingerprint density at radius 1 is 0.554 bits per heavy atom. The fraction of sp³-hybridized carbons (Fsp3) is 0.475. The minimum atomic E-state index is -0.686. The number of thiophene rings is 1. The lowest BCUT2D eigenvalue weighted by atomic mass is 10.0. The van der Waals surface area contributed by atoms with Gasteiger partial charge in [0.2, 0.25) is 0 Å². The number of nitrogens with zero attached hydrogens (tertiary/aromatic N) is 10. The highest BCUT2D eigenvalue weighted by Gasteiger charge is 2.32. The first-order valence-electron chi connectivity index (χ1n) is 29.8. The van der Waals surface area contributed by atoms with E-state index in [0.29, 0.717) is 86.1 Å². The van der Waals surface area contributed by atoms with Gasteiger partial charge in [-0.05, 0) is 131 Å². The number of nitrogens with two attached hydrogens (primary N) is 2. The van der Waals surface area contributed by atoms with Crippen molar-refractivity contribution in [2.45, 2.75) is 75.5 Å². The number of piperazine rings is 2. The molecular formula is C61H79N17O4S. The monoisotopic (exact) mass is 1150 g/mol. The molecule has 22 heteroatoms. The van der Waals surface area contributed by atoms with Crippen molar-refractivity contribution >= 4 is 74.9 Å². The van der Waals surface area contributed by atoms with E-state index in [1.54, 1.807) is 11.3 Å². The molecule has 6 aromatic rings. The van der Waals surface area contributed by atoms with E-state index in [4.69, 9.17) is 40.9 Å². The first-order valence-corrected chi connectivity index (χ1v) is 30.7. The molecule has 9 heterocycles. The van der Waals surface area contributed by atoms with Gasteiger partial charge < -0.3 is 56.9 Å². The van der Waals surface area contributed by atoms with E-state index in [1.165, 1.54) is 18.5 Å². The lowest BCUT2D eigenvalue weighted by molar-refractivity contribution is 0.0464. The maximum atomic E-state index is 14.6. The number of carbonyl (C=O) groups is 2. The van der Waals surface area contributed by atoms with Crippen LogP contribution in [0.5, 0.6) is 0 Å². The first kappa shape index (κ1) is 56.3. The number of likely N-dealkylation sites (N-methyl/N-ethyl adjacent to an activating group) is 1. The predicted molar refractivity (Wildman–Crippen MR) is 330 cm³/mol. The van der Waals surface area contributed by atoms with Crippen LogP contribution in [-0.4, -0.2) is 188 Å². The van der Waals surface area contributed by atoms with Crippen LogP contribution >= 0.6 is 11.3 Å². The van der Waals surface area contributed by atoms with Crippen LogP contribution in [0.25, 0.3) is 21.8 Å². The van der Waals surface area contributed by atoms with Gasteiger partial charge in [-0.2, -0.15) is 0 Å². The number of nitrogens with one attached hydrogen (secondary N) is 5. The van der Waals surface area contributed by atoms with E-state index < -0.39 is 5.91 Å². The third kappa shape index (κ3) is 13.8. The smallest absolute Gasteiger partial charge is 0.288 e. The van der Waals surface area contributed by atoms with Gasteiger partial charge in [0.1, 0.15) is 11.4 Å². The first-order chi connectivity index (χ1) is 40.6. The van der Waals surface area contributed by atoms with Crippen molar-refractivity contribution in [3.63, 3.8) is 0 Å². The molecule has 12 rings (SSSR count). The second kappa shape index (κ2) is 26.2. The lowest BCUT2D eigenvalue weighted by Crippen LogP contribution is -2.57. The van der Waals surface area contributed by atoms with Crippen molar-refractivity contribution in [3.05, 3.63) is 102 Å². The molecule has 0 bridgehead atoms. The maximum absolute atomic E-state index is 14.6. The molecule has 6 aliphatic heterocycles. The second-order valence-electron chi connectivity index (χ2n) is 22.8. The minimum Gasteiger partial charge on any atom is -0.399 e. The summed E-state index contributed by atoms with van der Waals surface area (Å²) >= 11 is 1.59. The molecule has 6 aliphatic rings. The Kier molecular flexibility index (Phi) is 17.8. The van der Waals surface area contributed by atoms with Gasteiger partial charge >= 0.3 is 0 Å². The van der Waals surface area contributed by atoms with E-state index >= 15 is 0 Å². The minimum absolute atomic E-state index is 0.0395. The average molecular weight is 1150 g/mol. The van der Waals surface area contributed by atoms with Crippen molar-refractivity contribution in [1.29, 1.82) is 0 Å². The SMILES string of the molecule is CN1CCN(C2CCN(c3ccc(Nc4nc(NC5CCOCC5)c(-c5cccs5)nc4C(=O)NN4CCN(C5CCN(c6ccc(Nc7nc(NC8CCOCC8)c(-c8cccc(N)c8)nc7C(N)=O)cc6)CC5)CC4)cc3)CC2)CC1. The molecule has 438 valence electrons. The summed E-state index contributed by atoms with van der Waals surface area (Å²) in [6.45, 7) is 14.2. The van der Waals surface area contributed by atoms with Gasteiger partial charge in [-0.3, -0.25) is 24.8 Å². The van der Waals surface area contributed by atoms with Gasteiger partial charge in [-0.25, -0.2) is 24.9 Å². The highest BCUT2D eigenvalue weighted by atomic mass is 32.1. The summed E-state index contributed by atoms with van der Waals surface area (Å²) in [5, 5.41) is 18.2. The van der Waals surface area contributed by atoms with Crippen LogP contribution in [0.3, 0.4) is 0 Å². The molecule has 6 saturated heterocycles. The number of amides is 2. The van der Waals surface area contributed by atoms with Crippen LogP contribution < -0.4 is 48.0 Å². The third-order valence-corrected chi connectivity index (χ3v) is 18.2. The number of primary amides is 1. The summed E-state index contributed by atoms with van der Waals surface area (Å²) in [7, 11) is 2.22. The number of benzene rings is 3. The number of nitrogen functional groups attached to an aromatic ring is 1. The molecule has 6 fully saturated rings. The largest absolute Gasteiger partial charge is 0.399 e. The molecule has 0 spiro atoms. The Labute approximate surface area is 490 Å². The van der Waals surface area contributed by atoms with E-state index in [2.05, 4.69) is 94.6 Å². The van der Waals surface area contributed by atoms with Crippen LogP contribution in [0.4, 0.5) is 51.7 Å². The number of carbonyl (C=O) groups excluding carboxylic acids is 2. The van der Waals surface area contributed by atoms with Crippen molar-refractivity contribution < 1.29 is 19.1 Å². The molecule has 0 aliphatic carbocycles. The summed E-state index contributed by atoms with van der Waals surface area (Å²) in [6.07, 6.45) is 7.75. The summed E-state index contributed by atoms with van der Waals surface area (Å²) in [5.41, 5.74) is 22.1. The Hall–Kier alpha value is -7.18. The molecule has 0 radical (unpaired) electrons. The van der Waals surface area contributed by atoms with Gasteiger partial charge in [-0.15, -0.1) is 11.3 Å². The van der Waals surface area contributed by atoms with Crippen LogP contribution in [0.1, 0.15) is 72.3 Å². The lowest BCUT2D eigenvalue weighted by Gasteiger charge is -2.43. The molecule has 3 aromatic carbocycles. The zero-order valence-electron chi connectivity index (χ0n) is 47.6. The van der Waals surface area contributed by atoms with Crippen LogP contribution in [0.15, 0.2) is 90.3 Å². The Morgan fingerprint density at radius 2 is 1.06 bits per heavy atom. The summed E-state index contributed by atoms with van der Waals surface area (Å²) in [5.74, 6) is 0.908. The standard InChI is InChI=1S/C61H79N17O4S/c1-73-27-29-76(30-28-73)49-15-23-74(24-16-49)48-13-9-44(10-14-48)65-60-55(69-53(51-6-3-39-83-51)58(71-60)67-46-21-37-82-38-22-46)61(80)72-78-33-31-77(32-34-78)50-17-25-75(26-18-50)47-11-7-43(8-12-47)64-59-54(56(63)79)68-52(41-4-2-5-42(62)40-41)57(70-59)66-45-19-35-81-36-20-45/h2-14,39-40,45-46,49-50H,15-38,62H2,1H3,(H2,63,79)(H,72,80)(H2,64,66,70)(H2,65,67,71). The Bertz CT molecular complexity index is 3130. The van der Waals surface area contributed by atoms with E-state index in [-0.39, 0.29) is 35.2 Å². The molecule has 0 unspecified atom stereocenters. The topological polar surface area (TPSA) is 236 Å².